The molecule has 1 heterocycles. The van der Waals surface area contributed by atoms with Crippen molar-refractivity contribution in [1.82, 2.24) is 10.3 Å². The first kappa shape index (κ1) is 22.0. The van der Waals surface area contributed by atoms with Crippen LogP contribution in [0.2, 0.25) is 5.02 Å². The molecule has 10 heteroatoms. The fraction of sp³-hybridized carbons (Fsp3) is 0.333. The van der Waals surface area contributed by atoms with E-state index in [0.29, 0.717) is 12.6 Å². The Kier molecular flexibility index (Phi) is 6.59. The van der Waals surface area contributed by atoms with Crippen molar-refractivity contribution in [2.45, 2.75) is 38.2 Å². The standard InChI is InChI=1S/C18H15ClF6N2O/c1-2-11(8-15-14(19)7-10(9-26-15)17(20,21)22)27-16(28)12-5-3-4-6-13(12)18(23,24)25/h3-7,9,11H,2,8H2,1H3,(H,27,28). The van der Waals surface area contributed by atoms with E-state index in [2.05, 4.69) is 10.3 Å². The van der Waals surface area contributed by atoms with Gasteiger partial charge >= 0.3 is 12.4 Å². The third kappa shape index (κ3) is 5.37. The first-order chi connectivity index (χ1) is 12.9. The molecule has 0 saturated carbocycles. The smallest absolute Gasteiger partial charge is 0.349 e. The highest BCUT2D eigenvalue weighted by atomic mass is 35.5. The minimum Gasteiger partial charge on any atom is -0.349 e. The molecule has 0 saturated heterocycles. The number of carbonyl (C=O) groups excluding carboxylic acids is 1. The summed E-state index contributed by atoms with van der Waals surface area (Å²) in [6.45, 7) is 1.67. The third-order valence-corrected chi connectivity index (χ3v) is 4.32. The predicted octanol–water partition coefficient (Wildman–Crippen LogP) is 5.52. The number of amides is 1. The highest BCUT2D eigenvalue weighted by Crippen LogP contribution is 2.33. The Morgan fingerprint density at radius 3 is 2.32 bits per heavy atom. The van der Waals surface area contributed by atoms with E-state index < -0.39 is 41.0 Å². The predicted molar refractivity (Wildman–Crippen MR) is 90.9 cm³/mol. The Labute approximate surface area is 161 Å². The molecule has 1 aromatic heterocycles. The summed E-state index contributed by atoms with van der Waals surface area (Å²) in [5, 5.41) is 2.22. The van der Waals surface area contributed by atoms with Gasteiger partial charge in [-0.25, -0.2) is 0 Å². The van der Waals surface area contributed by atoms with E-state index in [1.807, 2.05) is 0 Å². The molecule has 1 amide bonds. The summed E-state index contributed by atoms with van der Waals surface area (Å²) < 4.78 is 77.2. The maximum absolute atomic E-state index is 13.1. The first-order valence-electron chi connectivity index (χ1n) is 8.12. The lowest BCUT2D eigenvalue weighted by atomic mass is 10.0. The number of hydrogen-bond donors (Lipinski definition) is 1. The Morgan fingerprint density at radius 1 is 1.14 bits per heavy atom. The monoisotopic (exact) mass is 424 g/mol. The van der Waals surface area contributed by atoms with Gasteiger partial charge in [-0.05, 0) is 24.6 Å². The number of carbonyl (C=O) groups is 1. The second-order valence-electron chi connectivity index (χ2n) is 5.98. The number of aromatic nitrogens is 1. The zero-order valence-electron chi connectivity index (χ0n) is 14.5. The van der Waals surface area contributed by atoms with Crippen LogP contribution in [0.1, 0.15) is 40.5 Å². The molecule has 0 aliphatic heterocycles. The van der Waals surface area contributed by atoms with Crippen LogP contribution in [0.15, 0.2) is 36.5 Å². The van der Waals surface area contributed by atoms with Gasteiger partial charge in [0, 0.05) is 18.7 Å². The lowest BCUT2D eigenvalue weighted by Gasteiger charge is -2.19. The molecule has 1 aromatic carbocycles. The molecule has 152 valence electrons. The average molecular weight is 425 g/mol. The topological polar surface area (TPSA) is 42.0 Å². The molecular formula is C18H15ClF6N2O. The molecule has 1 atom stereocenters. The lowest BCUT2D eigenvalue weighted by molar-refractivity contribution is -0.138. The van der Waals surface area contributed by atoms with Crippen LogP contribution >= 0.6 is 11.6 Å². The van der Waals surface area contributed by atoms with Crippen molar-refractivity contribution in [2.24, 2.45) is 0 Å². The summed E-state index contributed by atoms with van der Waals surface area (Å²) in [7, 11) is 0. The Morgan fingerprint density at radius 2 is 1.79 bits per heavy atom. The fourth-order valence-electron chi connectivity index (χ4n) is 2.49. The summed E-state index contributed by atoms with van der Waals surface area (Å²) in [4.78, 5) is 16.0. The van der Waals surface area contributed by atoms with Crippen molar-refractivity contribution in [1.29, 1.82) is 0 Å². The van der Waals surface area contributed by atoms with Gasteiger partial charge in [-0.3, -0.25) is 9.78 Å². The summed E-state index contributed by atoms with van der Waals surface area (Å²) in [6, 6.07) is 4.37. The Bertz CT molecular complexity index is 851. The van der Waals surface area contributed by atoms with Crippen LogP contribution in [0.4, 0.5) is 26.3 Å². The summed E-state index contributed by atoms with van der Waals surface area (Å²) in [5.74, 6) is -0.942. The number of nitrogens with one attached hydrogen (secondary N) is 1. The molecule has 2 aromatic rings. The fourth-order valence-corrected chi connectivity index (χ4v) is 2.74. The number of halogens is 7. The minimum atomic E-state index is -4.70. The first-order valence-corrected chi connectivity index (χ1v) is 8.50. The molecule has 0 radical (unpaired) electrons. The quantitative estimate of drug-likeness (QED) is 0.642. The van der Waals surface area contributed by atoms with E-state index in [1.54, 1.807) is 6.92 Å². The van der Waals surface area contributed by atoms with Gasteiger partial charge in [-0.2, -0.15) is 26.3 Å². The van der Waals surface area contributed by atoms with Crippen molar-refractivity contribution >= 4 is 17.5 Å². The number of alkyl halides is 6. The van der Waals surface area contributed by atoms with E-state index in [9.17, 15) is 31.1 Å². The van der Waals surface area contributed by atoms with Gasteiger partial charge < -0.3 is 5.32 Å². The largest absolute Gasteiger partial charge is 0.417 e. The van der Waals surface area contributed by atoms with Crippen LogP contribution in [0.3, 0.4) is 0 Å². The molecule has 3 nitrogen and oxygen atoms in total. The van der Waals surface area contributed by atoms with Crippen LogP contribution < -0.4 is 5.32 Å². The van der Waals surface area contributed by atoms with Crippen molar-refractivity contribution in [3.63, 3.8) is 0 Å². The van der Waals surface area contributed by atoms with Gasteiger partial charge in [-0.15, -0.1) is 0 Å². The molecule has 0 fully saturated rings. The van der Waals surface area contributed by atoms with Crippen molar-refractivity contribution in [3.05, 3.63) is 63.9 Å². The summed E-state index contributed by atoms with van der Waals surface area (Å²) >= 11 is 5.85. The molecular weight excluding hydrogens is 410 g/mol. The third-order valence-electron chi connectivity index (χ3n) is 3.99. The normalized spacial score (nSPS) is 13.3. The van der Waals surface area contributed by atoms with E-state index in [-0.39, 0.29) is 17.1 Å². The second kappa shape index (κ2) is 8.38. The summed E-state index contributed by atoms with van der Waals surface area (Å²) in [6.07, 6.45) is -8.41. The minimum absolute atomic E-state index is 0.0343. The molecule has 0 bridgehead atoms. The van der Waals surface area contributed by atoms with Crippen molar-refractivity contribution < 1.29 is 31.1 Å². The highest BCUT2D eigenvalue weighted by molar-refractivity contribution is 6.31. The molecule has 28 heavy (non-hydrogen) atoms. The van der Waals surface area contributed by atoms with E-state index >= 15 is 0 Å². The van der Waals surface area contributed by atoms with Gasteiger partial charge in [0.1, 0.15) is 0 Å². The van der Waals surface area contributed by atoms with Crippen molar-refractivity contribution in [3.8, 4) is 0 Å². The highest BCUT2D eigenvalue weighted by Gasteiger charge is 2.35. The SMILES string of the molecule is CCC(Cc1ncc(C(F)(F)F)cc1Cl)NC(=O)c1ccccc1C(F)(F)F. The molecule has 0 aliphatic rings. The zero-order valence-corrected chi connectivity index (χ0v) is 15.2. The zero-order chi connectivity index (χ0) is 21.1. The average Bonchev–Trinajstić information content (AvgIpc) is 2.60. The van der Waals surface area contributed by atoms with Gasteiger partial charge in [0.15, 0.2) is 0 Å². The number of pyridine rings is 1. The Balaban J connectivity index is 2.19. The maximum Gasteiger partial charge on any atom is 0.417 e. The molecule has 0 aliphatic carbocycles. The number of hydrogen-bond acceptors (Lipinski definition) is 2. The summed E-state index contributed by atoms with van der Waals surface area (Å²) in [5.41, 5.74) is -2.53. The van der Waals surface area contributed by atoms with Gasteiger partial charge in [0.05, 0.1) is 27.4 Å². The van der Waals surface area contributed by atoms with Gasteiger partial charge in [0.2, 0.25) is 0 Å². The van der Waals surface area contributed by atoms with Crippen LogP contribution in [-0.2, 0) is 18.8 Å². The molecule has 1 unspecified atom stereocenters. The van der Waals surface area contributed by atoms with E-state index in [4.69, 9.17) is 11.6 Å². The van der Waals surface area contributed by atoms with Crippen LogP contribution in [-0.4, -0.2) is 16.9 Å². The number of nitrogens with zero attached hydrogens (tertiary/aromatic N) is 1. The van der Waals surface area contributed by atoms with Gasteiger partial charge in [0.25, 0.3) is 5.91 Å². The number of benzene rings is 1. The molecule has 0 spiro atoms. The van der Waals surface area contributed by atoms with Crippen LogP contribution in [0.5, 0.6) is 0 Å². The van der Waals surface area contributed by atoms with Gasteiger partial charge in [-0.1, -0.05) is 30.7 Å². The Hall–Kier alpha value is -2.29. The maximum atomic E-state index is 13.1. The molecule has 1 N–H and O–H groups in total. The van der Waals surface area contributed by atoms with Crippen LogP contribution in [0.25, 0.3) is 0 Å². The van der Waals surface area contributed by atoms with Crippen molar-refractivity contribution in [2.75, 3.05) is 0 Å². The molecule has 2 rings (SSSR count). The van der Waals surface area contributed by atoms with Crippen LogP contribution in [0, 0.1) is 0 Å². The second-order valence-corrected chi connectivity index (χ2v) is 6.38. The van der Waals surface area contributed by atoms with E-state index in [0.717, 1.165) is 18.2 Å². The number of rotatable bonds is 5. The van der Waals surface area contributed by atoms with E-state index in [1.165, 1.54) is 12.1 Å². The lowest BCUT2D eigenvalue weighted by Crippen LogP contribution is -2.37.